The van der Waals surface area contributed by atoms with Gasteiger partial charge in [-0.2, -0.15) is 5.10 Å². The summed E-state index contributed by atoms with van der Waals surface area (Å²) in [6.45, 7) is 6.44. The quantitative estimate of drug-likeness (QED) is 0.761. The zero-order valence-electron chi connectivity index (χ0n) is 12.9. The van der Waals surface area contributed by atoms with E-state index in [9.17, 15) is 0 Å². The Morgan fingerprint density at radius 1 is 1.30 bits per heavy atom. The fourth-order valence-electron chi connectivity index (χ4n) is 3.36. The van der Waals surface area contributed by atoms with E-state index in [-0.39, 0.29) is 0 Å². The maximum Gasteiger partial charge on any atom is 0.0698 e. The molecule has 114 valence electrons. The highest BCUT2D eigenvalue weighted by atomic mass is 79.9. The summed E-state index contributed by atoms with van der Waals surface area (Å²) in [5.74, 6) is 0.752. The van der Waals surface area contributed by atoms with Crippen molar-refractivity contribution in [3.8, 4) is 0 Å². The Hall–Kier alpha value is -0.350. The highest BCUT2D eigenvalue weighted by Gasteiger charge is 2.28. The highest BCUT2D eigenvalue weighted by Crippen LogP contribution is 2.36. The van der Waals surface area contributed by atoms with Gasteiger partial charge in [0.2, 0.25) is 0 Å². The molecule has 1 aromatic heterocycles. The molecule has 1 saturated carbocycles. The number of hydrogen-bond acceptors (Lipinski definition) is 2. The predicted octanol–water partition coefficient (Wildman–Crippen LogP) is 4.68. The van der Waals surface area contributed by atoms with Crippen molar-refractivity contribution in [1.82, 2.24) is 15.1 Å². The van der Waals surface area contributed by atoms with Crippen molar-refractivity contribution in [3.05, 3.63) is 16.4 Å². The molecule has 20 heavy (non-hydrogen) atoms. The second-order valence-corrected chi connectivity index (χ2v) is 6.73. The Kier molecular flexibility index (Phi) is 6.56. The van der Waals surface area contributed by atoms with Crippen LogP contribution in [0.3, 0.4) is 0 Å². The fourth-order valence-corrected chi connectivity index (χ4v) is 3.91. The third-order valence-corrected chi connectivity index (χ3v) is 5.02. The van der Waals surface area contributed by atoms with E-state index < -0.39 is 0 Å². The third kappa shape index (κ3) is 3.85. The second kappa shape index (κ2) is 8.18. The van der Waals surface area contributed by atoms with Crippen LogP contribution in [-0.2, 0) is 6.54 Å². The molecule has 0 aliphatic heterocycles. The van der Waals surface area contributed by atoms with Gasteiger partial charge in [-0.05, 0) is 54.6 Å². The summed E-state index contributed by atoms with van der Waals surface area (Å²) in [5, 5.41) is 8.31. The predicted molar refractivity (Wildman–Crippen MR) is 87.8 cm³/mol. The van der Waals surface area contributed by atoms with E-state index >= 15 is 0 Å². The number of halogens is 1. The van der Waals surface area contributed by atoms with Gasteiger partial charge in [-0.3, -0.25) is 4.68 Å². The van der Waals surface area contributed by atoms with Gasteiger partial charge >= 0.3 is 0 Å². The minimum absolute atomic E-state index is 0.449. The maximum absolute atomic E-state index is 4.51. The first kappa shape index (κ1) is 16.0. The standard InChI is InChI=1S/C16H28BrN3/c1-3-11-18-15(13-9-7-5-6-8-10-13)16-14(17)12-19-20(16)4-2/h12-13,15,18H,3-11H2,1-2H3. The molecular weight excluding hydrogens is 314 g/mol. The molecule has 1 atom stereocenters. The van der Waals surface area contributed by atoms with E-state index in [2.05, 4.69) is 44.9 Å². The normalized spacial score (nSPS) is 18.9. The average molecular weight is 342 g/mol. The molecule has 1 unspecified atom stereocenters. The first-order chi connectivity index (χ1) is 9.77. The molecule has 0 amide bonds. The zero-order chi connectivity index (χ0) is 14.4. The minimum Gasteiger partial charge on any atom is -0.308 e. The van der Waals surface area contributed by atoms with E-state index in [1.807, 2.05) is 6.20 Å². The van der Waals surface area contributed by atoms with Crippen LogP contribution in [0.5, 0.6) is 0 Å². The number of aryl methyl sites for hydroxylation is 1. The Balaban J connectivity index is 2.23. The number of aromatic nitrogens is 2. The van der Waals surface area contributed by atoms with Crippen molar-refractivity contribution < 1.29 is 0 Å². The van der Waals surface area contributed by atoms with Gasteiger partial charge < -0.3 is 5.32 Å². The lowest BCUT2D eigenvalue weighted by molar-refractivity contribution is 0.309. The Bertz CT molecular complexity index is 394. The molecule has 0 aromatic carbocycles. The molecule has 1 heterocycles. The van der Waals surface area contributed by atoms with Gasteiger partial charge in [-0.25, -0.2) is 0 Å². The topological polar surface area (TPSA) is 29.9 Å². The first-order valence-electron chi connectivity index (χ1n) is 8.22. The van der Waals surface area contributed by atoms with Crippen LogP contribution >= 0.6 is 15.9 Å². The molecule has 3 nitrogen and oxygen atoms in total. The number of nitrogens with one attached hydrogen (secondary N) is 1. The van der Waals surface area contributed by atoms with Crippen molar-refractivity contribution in [3.63, 3.8) is 0 Å². The average Bonchev–Trinajstić information content (AvgIpc) is 2.68. The van der Waals surface area contributed by atoms with Crippen molar-refractivity contribution >= 4 is 15.9 Å². The van der Waals surface area contributed by atoms with Crippen LogP contribution in [-0.4, -0.2) is 16.3 Å². The van der Waals surface area contributed by atoms with Gasteiger partial charge in [-0.15, -0.1) is 0 Å². The van der Waals surface area contributed by atoms with Gasteiger partial charge in [0.05, 0.1) is 22.4 Å². The van der Waals surface area contributed by atoms with E-state index in [1.165, 1.54) is 50.6 Å². The van der Waals surface area contributed by atoms with E-state index in [1.54, 1.807) is 0 Å². The van der Waals surface area contributed by atoms with Crippen LogP contribution in [0.4, 0.5) is 0 Å². The van der Waals surface area contributed by atoms with Gasteiger partial charge in [0.15, 0.2) is 0 Å². The van der Waals surface area contributed by atoms with Crippen LogP contribution in [0.1, 0.15) is 70.5 Å². The minimum atomic E-state index is 0.449. The molecule has 0 spiro atoms. The van der Waals surface area contributed by atoms with Crippen molar-refractivity contribution in [2.45, 2.75) is 71.4 Å². The summed E-state index contributed by atoms with van der Waals surface area (Å²) in [4.78, 5) is 0. The second-order valence-electron chi connectivity index (χ2n) is 5.88. The van der Waals surface area contributed by atoms with E-state index in [0.29, 0.717) is 6.04 Å². The summed E-state index contributed by atoms with van der Waals surface area (Å²) in [7, 11) is 0. The number of nitrogens with zero attached hydrogens (tertiary/aromatic N) is 2. The Labute approximate surface area is 131 Å². The summed E-state index contributed by atoms with van der Waals surface area (Å²) >= 11 is 3.71. The van der Waals surface area contributed by atoms with E-state index in [0.717, 1.165) is 23.5 Å². The van der Waals surface area contributed by atoms with Crippen molar-refractivity contribution in [2.24, 2.45) is 5.92 Å². The number of rotatable bonds is 6. The Morgan fingerprint density at radius 3 is 2.60 bits per heavy atom. The SMILES string of the molecule is CCCNC(c1c(Br)cnn1CC)C1CCCCCC1. The van der Waals surface area contributed by atoms with Crippen LogP contribution < -0.4 is 5.32 Å². The molecule has 1 aliphatic carbocycles. The van der Waals surface area contributed by atoms with Crippen molar-refractivity contribution in [1.29, 1.82) is 0 Å². The van der Waals surface area contributed by atoms with Gasteiger partial charge in [-0.1, -0.05) is 32.6 Å². The molecular formula is C16H28BrN3. The summed E-state index contributed by atoms with van der Waals surface area (Å²) in [6.07, 6.45) is 11.4. The van der Waals surface area contributed by atoms with Gasteiger partial charge in [0.1, 0.15) is 0 Å². The highest BCUT2D eigenvalue weighted by molar-refractivity contribution is 9.10. The summed E-state index contributed by atoms with van der Waals surface area (Å²) in [6, 6.07) is 0.449. The molecule has 1 aromatic rings. The monoisotopic (exact) mass is 341 g/mol. The molecule has 1 fully saturated rings. The molecule has 0 saturated heterocycles. The largest absolute Gasteiger partial charge is 0.308 e. The molecule has 1 N–H and O–H groups in total. The van der Waals surface area contributed by atoms with Crippen LogP contribution in [0, 0.1) is 5.92 Å². The van der Waals surface area contributed by atoms with Gasteiger partial charge in [0.25, 0.3) is 0 Å². The summed E-state index contributed by atoms with van der Waals surface area (Å²) < 4.78 is 3.32. The number of hydrogen-bond donors (Lipinski definition) is 1. The van der Waals surface area contributed by atoms with Crippen molar-refractivity contribution in [2.75, 3.05) is 6.54 Å². The zero-order valence-corrected chi connectivity index (χ0v) is 14.5. The first-order valence-corrected chi connectivity index (χ1v) is 9.01. The third-order valence-electron chi connectivity index (χ3n) is 4.41. The lowest BCUT2D eigenvalue weighted by Gasteiger charge is -2.28. The van der Waals surface area contributed by atoms with Crippen LogP contribution in [0.25, 0.3) is 0 Å². The molecule has 0 radical (unpaired) electrons. The van der Waals surface area contributed by atoms with Gasteiger partial charge in [0, 0.05) is 6.54 Å². The smallest absolute Gasteiger partial charge is 0.0698 e. The maximum atomic E-state index is 4.51. The Morgan fingerprint density at radius 2 is 2.00 bits per heavy atom. The van der Waals surface area contributed by atoms with Crippen LogP contribution in [0.2, 0.25) is 0 Å². The molecule has 0 bridgehead atoms. The lowest BCUT2D eigenvalue weighted by atomic mass is 9.89. The molecule has 2 rings (SSSR count). The molecule has 1 aliphatic rings. The molecule has 4 heteroatoms. The fraction of sp³-hybridized carbons (Fsp3) is 0.812. The van der Waals surface area contributed by atoms with Crippen LogP contribution in [0.15, 0.2) is 10.7 Å². The summed E-state index contributed by atoms with van der Waals surface area (Å²) in [5.41, 5.74) is 1.35. The lowest BCUT2D eigenvalue weighted by Crippen LogP contribution is -2.31. The van der Waals surface area contributed by atoms with E-state index in [4.69, 9.17) is 0 Å².